The van der Waals surface area contributed by atoms with E-state index in [1.807, 2.05) is 90.0 Å². The zero-order chi connectivity index (χ0) is 78.2. The van der Waals surface area contributed by atoms with E-state index in [1.54, 1.807) is 32.9 Å². The van der Waals surface area contributed by atoms with E-state index in [2.05, 4.69) is 6.92 Å². The van der Waals surface area contributed by atoms with Crippen LogP contribution in [0.1, 0.15) is 261 Å². The van der Waals surface area contributed by atoms with Gasteiger partial charge in [-0.2, -0.15) is 65.9 Å². The van der Waals surface area contributed by atoms with Crippen LogP contribution < -0.4 is 0 Å². The van der Waals surface area contributed by atoms with Crippen LogP contribution in [0.2, 0.25) is 0 Å². The zero-order valence-electron chi connectivity index (χ0n) is 62.1. The summed E-state index contributed by atoms with van der Waals surface area (Å²) in [6, 6.07) is 10.4. The van der Waals surface area contributed by atoms with Crippen molar-refractivity contribution in [1.82, 2.24) is 0 Å². The maximum atomic E-state index is 13.8. The Morgan fingerprint density at radius 2 is 0.796 bits per heavy atom. The average molecular weight is 1430 g/mol. The zero-order valence-corrected chi connectivity index (χ0v) is 62.1. The van der Waals surface area contributed by atoms with Crippen molar-refractivity contribution in [1.29, 1.82) is 0 Å². The molecule has 0 aliphatic heterocycles. The molecule has 26 heteroatoms. The minimum absolute atomic E-state index is 0.0772. The lowest BCUT2D eigenvalue weighted by molar-refractivity contribution is -0.337. The summed E-state index contributed by atoms with van der Waals surface area (Å²) in [4.78, 5) is 47.1. The molecule has 0 aromatic heterocycles. The Morgan fingerprint density at radius 1 is 0.429 bits per heavy atom. The molecule has 0 saturated carbocycles. The van der Waals surface area contributed by atoms with Gasteiger partial charge < -0.3 is 33.2 Å². The SMILES string of the molecule is CCC(C)(C(=O)OC(C)(C)C)C(F)(F)F.CCC(C)(C)C(=O)OC(C)(C)C.CCC(C)(C)C(=O)OC(C)(C)C.CCC(C)c1ccc(C(C)(OC(OC)C(C)(C)C)C(F)(F)F)cc1.COC(OC(=O)C(C)C(C)c1cc(C)cc(C(F)(F)F)c1)c1cc(C(F)(F)F)cc(C(F)(F)F)c1. The van der Waals surface area contributed by atoms with Crippen LogP contribution >= 0.6 is 0 Å². The molecular formula is C72H107F15O11. The molecule has 0 N–H and O–H groups in total. The number of hydrogen-bond donors (Lipinski definition) is 0. The van der Waals surface area contributed by atoms with Crippen molar-refractivity contribution in [3.05, 3.63) is 105 Å². The quantitative estimate of drug-likeness (QED) is 0.0522. The predicted octanol–water partition coefficient (Wildman–Crippen LogP) is 22.5. The van der Waals surface area contributed by atoms with Crippen molar-refractivity contribution in [2.75, 3.05) is 14.2 Å². The van der Waals surface area contributed by atoms with E-state index in [9.17, 15) is 85.0 Å². The summed E-state index contributed by atoms with van der Waals surface area (Å²) in [5.74, 6) is -4.19. The Morgan fingerprint density at radius 3 is 1.09 bits per heavy atom. The van der Waals surface area contributed by atoms with E-state index < -0.39 is 112 Å². The van der Waals surface area contributed by atoms with E-state index in [0.29, 0.717) is 18.1 Å². The Bertz CT molecular complexity index is 2900. The van der Waals surface area contributed by atoms with E-state index in [-0.39, 0.29) is 63.1 Å². The number of alkyl halides is 15. The molecule has 3 aromatic rings. The molecular weight excluding hydrogens is 1330 g/mol. The third kappa shape index (κ3) is 30.7. The van der Waals surface area contributed by atoms with Gasteiger partial charge in [-0.3, -0.25) is 19.2 Å². The first-order chi connectivity index (χ1) is 43.5. The maximum Gasteiger partial charge on any atom is 0.421 e. The monoisotopic (exact) mass is 1430 g/mol. The third-order valence-corrected chi connectivity index (χ3v) is 15.7. The summed E-state index contributed by atoms with van der Waals surface area (Å²) in [5.41, 5.74) is -11.2. The third-order valence-electron chi connectivity index (χ3n) is 15.7. The highest BCUT2D eigenvalue weighted by Gasteiger charge is 2.58. The second-order valence-electron chi connectivity index (χ2n) is 29.7. The summed E-state index contributed by atoms with van der Waals surface area (Å²) >= 11 is 0. The normalized spacial score (nSPS) is 15.7. The standard InChI is InChI=1S/C23H21F9O3.C19H29F3O2.C10H17F3O2.2C10H20O2/c1-11-5-14(7-16(6-11)21(24,25)26)12(2)13(3)19(33)35-20(34-4)15-8-17(22(27,28)29)10-18(9-15)23(30,31)32;1-8-13(2)14-9-11-15(12-10-14)18(6,19(20,21)22)24-16(23-7)17(3,4)5;1-6-9(5,10(11,12)13)7(14)15-8(2,3)4;2*1-7-10(5,6)8(11)12-9(2,3)4/h5-10,12-13,20H,1-4H3;9-13,16H,8H2,1-7H3;6H2,1-5H3;2*7H2,1-6H3. The first kappa shape index (κ1) is 94.4. The fourth-order valence-electron chi connectivity index (χ4n) is 7.74. The van der Waals surface area contributed by atoms with Gasteiger partial charge in [-0.15, -0.1) is 0 Å². The lowest BCUT2D eigenvalue weighted by Crippen LogP contribution is -2.48. The number of rotatable bonds is 18. The summed E-state index contributed by atoms with van der Waals surface area (Å²) < 4.78 is 233. The van der Waals surface area contributed by atoms with Crippen molar-refractivity contribution in [3.8, 4) is 0 Å². The predicted molar refractivity (Wildman–Crippen MR) is 346 cm³/mol. The van der Waals surface area contributed by atoms with Crippen LogP contribution in [0.4, 0.5) is 65.9 Å². The van der Waals surface area contributed by atoms with Crippen LogP contribution in [-0.2, 0) is 76.5 Å². The molecule has 0 heterocycles. The number of ether oxygens (including phenoxy) is 7. The first-order valence-corrected chi connectivity index (χ1v) is 31.9. The molecule has 3 rings (SSSR count). The van der Waals surface area contributed by atoms with Gasteiger partial charge in [0.25, 0.3) is 0 Å². The molecule has 0 aliphatic carbocycles. The van der Waals surface area contributed by atoms with Crippen LogP contribution in [0.5, 0.6) is 0 Å². The minimum Gasteiger partial charge on any atom is -0.460 e. The lowest BCUT2D eigenvalue weighted by Gasteiger charge is -2.39. The van der Waals surface area contributed by atoms with Crippen LogP contribution in [0.25, 0.3) is 0 Å². The molecule has 3 aromatic carbocycles. The number of esters is 4. The maximum absolute atomic E-state index is 13.8. The molecule has 0 amide bonds. The highest BCUT2D eigenvalue weighted by Crippen LogP contribution is 2.47. The molecule has 0 aliphatic rings. The average Bonchev–Trinajstić information content (AvgIpc) is 0.780. The van der Waals surface area contributed by atoms with E-state index in [1.165, 1.54) is 73.8 Å². The van der Waals surface area contributed by atoms with Gasteiger partial charge in [-0.05, 0) is 195 Å². The van der Waals surface area contributed by atoms with Gasteiger partial charge in [-0.25, -0.2) is 0 Å². The Balaban J connectivity index is 0. The van der Waals surface area contributed by atoms with Gasteiger partial charge in [0.1, 0.15) is 16.8 Å². The molecule has 11 nitrogen and oxygen atoms in total. The Labute approximate surface area is 570 Å². The Hall–Kier alpha value is -5.63. The van der Waals surface area contributed by atoms with Crippen molar-refractivity contribution in [3.63, 3.8) is 0 Å². The molecule has 0 fully saturated rings. The van der Waals surface area contributed by atoms with Gasteiger partial charge >= 0.3 is 54.8 Å². The fourth-order valence-corrected chi connectivity index (χ4v) is 7.74. The molecule has 7 unspecified atom stereocenters. The van der Waals surface area contributed by atoms with Crippen LogP contribution in [-0.4, -0.2) is 73.5 Å². The van der Waals surface area contributed by atoms with Crippen molar-refractivity contribution < 1.29 is 118 Å². The Kier molecular flexibility index (Phi) is 34.5. The van der Waals surface area contributed by atoms with Crippen LogP contribution in [0, 0.1) is 34.5 Å². The van der Waals surface area contributed by atoms with Gasteiger partial charge in [0, 0.05) is 25.2 Å². The van der Waals surface area contributed by atoms with E-state index in [4.69, 9.17) is 33.2 Å². The van der Waals surface area contributed by atoms with Crippen LogP contribution in [0.15, 0.2) is 60.7 Å². The van der Waals surface area contributed by atoms with Gasteiger partial charge in [-0.1, -0.05) is 105 Å². The number of aryl methyl sites for hydroxylation is 1. The van der Waals surface area contributed by atoms with Crippen molar-refractivity contribution >= 4 is 23.9 Å². The largest absolute Gasteiger partial charge is 0.460 e. The highest BCUT2D eigenvalue weighted by molar-refractivity contribution is 5.78. The minimum atomic E-state index is -5.12. The number of halogens is 15. The van der Waals surface area contributed by atoms with Gasteiger partial charge in [0.05, 0.1) is 33.4 Å². The second kappa shape index (κ2) is 35.8. The summed E-state index contributed by atoms with van der Waals surface area (Å²) in [5, 5.41) is 0. The lowest BCUT2D eigenvalue weighted by atomic mass is 9.86. The summed E-state index contributed by atoms with van der Waals surface area (Å²) in [6.45, 7) is 44.4. The number of methoxy groups -OCH3 is 2. The molecule has 7 atom stereocenters. The molecule has 0 saturated heterocycles. The molecule has 566 valence electrons. The van der Waals surface area contributed by atoms with Crippen molar-refractivity contribution in [2.45, 2.75) is 283 Å². The molecule has 98 heavy (non-hydrogen) atoms. The molecule has 0 radical (unpaired) electrons. The smallest absolute Gasteiger partial charge is 0.421 e. The van der Waals surface area contributed by atoms with Gasteiger partial charge in [0.15, 0.2) is 17.3 Å². The second-order valence-corrected chi connectivity index (χ2v) is 29.7. The summed E-state index contributed by atoms with van der Waals surface area (Å²) in [7, 11) is 2.27. The molecule has 0 spiro atoms. The van der Waals surface area contributed by atoms with E-state index in [0.717, 1.165) is 57.9 Å². The highest BCUT2D eigenvalue weighted by atomic mass is 19.4. The number of carbonyl (C=O) groups is 4. The van der Waals surface area contributed by atoms with Crippen LogP contribution in [0.3, 0.4) is 0 Å². The van der Waals surface area contributed by atoms with Crippen molar-refractivity contribution in [2.24, 2.45) is 27.6 Å². The first-order valence-electron chi connectivity index (χ1n) is 31.9. The number of carbonyl (C=O) groups excluding carboxylic acids is 4. The summed E-state index contributed by atoms with van der Waals surface area (Å²) in [6.07, 6.45) is -24.7. The number of benzene rings is 3. The number of hydrogen-bond acceptors (Lipinski definition) is 11. The van der Waals surface area contributed by atoms with E-state index >= 15 is 0 Å². The topological polar surface area (TPSA) is 133 Å². The van der Waals surface area contributed by atoms with Gasteiger partial charge in [0.2, 0.25) is 6.29 Å². The molecule has 0 bridgehead atoms. The fraction of sp³-hybridized carbons (Fsp3) is 0.694.